The number of primary amides is 1. The number of amides is 1. The van der Waals surface area contributed by atoms with Gasteiger partial charge in [0.05, 0.1) is 5.69 Å². The molecule has 0 aliphatic heterocycles. The summed E-state index contributed by atoms with van der Waals surface area (Å²) in [6, 6.07) is 0. The van der Waals surface area contributed by atoms with E-state index in [9.17, 15) is 9.59 Å². The molecule has 1 heterocycles. The number of hydrogen-bond acceptors (Lipinski definition) is 5. The Balaban J connectivity index is 2.96. The topological polar surface area (TPSA) is 95.4 Å². The van der Waals surface area contributed by atoms with E-state index in [1.54, 1.807) is 6.92 Å². The van der Waals surface area contributed by atoms with Gasteiger partial charge in [-0.2, -0.15) is 0 Å². The molecular formula is C11H16N2O4. The Hall–Kier alpha value is -1.85. The summed E-state index contributed by atoms with van der Waals surface area (Å²) in [5, 5.41) is 3.72. The van der Waals surface area contributed by atoms with Crippen LogP contribution in [-0.4, -0.2) is 23.1 Å². The van der Waals surface area contributed by atoms with Gasteiger partial charge >= 0.3 is 5.97 Å². The van der Waals surface area contributed by atoms with Gasteiger partial charge in [-0.05, 0) is 13.8 Å². The molecule has 17 heavy (non-hydrogen) atoms. The fraction of sp³-hybridized carbons (Fsp3) is 0.545. The van der Waals surface area contributed by atoms with Crippen molar-refractivity contribution in [3.05, 3.63) is 17.0 Å². The minimum atomic E-state index is -0.975. The van der Waals surface area contributed by atoms with Crippen molar-refractivity contribution in [2.24, 2.45) is 5.73 Å². The molecule has 2 N–H and O–H groups in total. The normalized spacial score (nSPS) is 12.5. The molecule has 0 spiro atoms. The largest absolute Gasteiger partial charge is 0.449 e. The first kappa shape index (κ1) is 13.2. The van der Waals surface area contributed by atoms with E-state index in [0.717, 1.165) is 0 Å². The second-order valence-corrected chi connectivity index (χ2v) is 4.11. The van der Waals surface area contributed by atoms with Gasteiger partial charge < -0.3 is 15.0 Å². The van der Waals surface area contributed by atoms with E-state index in [1.807, 2.05) is 13.8 Å². The third-order valence-corrected chi connectivity index (χ3v) is 2.30. The quantitative estimate of drug-likeness (QED) is 0.796. The number of ether oxygens (including phenoxy) is 1. The van der Waals surface area contributed by atoms with Crippen molar-refractivity contribution in [2.75, 3.05) is 0 Å². The van der Waals surface area contributed by atoms with Crippen molar-refractivity contribution in [3.63, 3.8) is 0 Å². The third-order valence-electron chi connectivity index (χ3n) is 2.30. The molecule has 0 fully saturated rings. The summed E-state index contributed by atoms with van der Waals surface area (Å²) in [4.78, 5) is 22.7. The lowest BCUT2D eigenvalue weighted by Crippen LogP contribution is -2.30. The van der Waals surface area contributed by atoms with Crippen LogP contribution in [0.1, 0.15) is 48.5 Å². The number of nitrogens with zero attached hydrogens (tertiary/aromatic N) is 1. The van der Waals surface area contributed by atoms with Crippen molar-refractivity contribution < 1.29 is 18.8 Å². The van der Waals surface area contributed by atoms with Gasteiger partial charge in [0.25, 0.3) is 5.91 Å². The van der Waals surface area contributed by atoms with E-state index in [2.05, 4.69) is 5.16 Å². The van der Waals surface area contributed by atoms with Crippen molar-refractivity contribution >= 4 is 11.9 Å². The van der Waals surface area contributed by atoms with Crippen LogP contribution in [0.4, 0.5) is 0 Å². The molecular weight excluding hydrogens is 224 g/mol. The second-order valence-electron chi connectivity index (χ2n) is 4.11. The summed E-state index contributed by atoms with van der Waals surface area (Å²) in [5.41, 5.74) is 5.73. The molecule has 0 aliphatic carbocycles. The van der Waals surface area contributed by atoms with Crippen LogP contribution >= 0.6 is 0 Å². The number of carbonyl (C=O) groups is 2. The summed E-state index contributed by atoms with van der Waals surface area (Å²) < 4.78 is 9.97. The van der Waals surface area contributed by atoms with E-state index in [0.29, 0.717) is 11.5 Å². The highest BCUT2D eigenvalue weighted by Gasteiger charge is 2.26. The lowest BCUT2D eigenvalue weighted by atomic mass is 10.1. The molecule has 94 valence electrons. The highest BCUT2D eigenvalue weighted by atomic mass is 16.5. The van der Waals surface area contributed by atoms with E-state index in [4.69, 9.17) is 15.0 Å². The van der Waals surface area contributed by atoms with Crippen molar-refractivity contribution in [1.82, 2.24) is 5.16 Å². The maximum atomic E-state index is 11.8. The zero-order valence-electron chi connectivity index (χ0n) is 10.3. The molecule has 1 amide bonds. The molecule has 0 aliphatic rings. The number of aryl methyl sites for hydroxylation is 1. The lowest BCUT2D eigenvalue weighted by Gasteiger charge is -2.10. The van der Waals surface area contributed by atoms with Gasteiger partial charge in [-0.15, -0.1) is 0 Å². The molecule has 1 atom stereocenters. The maximum absolute atomic E-state index is 11.8. The Kier molecular flexibility index (Phi) is 3.88. The first-order chi connectivity index (χ1) is 7.84. The van der Waals surface area contributed by atoms with Crippen molar-refractivity contribution in [1.29, 1.82) is 0 Å². The summed E-state index contributed by atoms with van der Waals surface area (Å²) in [6.07, 6.45) is -0.975. The molecule has 0 saturated carbocycles. The average Bonchev–Trinajstić information content (AvgIpc) is 2.59. The molecule has 0 radical (unpaired) electrons. The molecule has 0 unspecified atom stereocenters. The van der Waals surface area contributed by atoms with Gasteiger partial charge in [0, 0.05) is 5.92 Å². The number of carbonyl (C=O) groups excluding carboxylic acids is 2. The van der Waals surface area contributed by atoms with Crippen LogP contribution in [-0.2, 0) is 9.53 Å². The van der Waals surface area contributed by atoms with Gasteiger partial charge in [0.15, 0.2) is 11.9 Å². The fourth-order valence-electron chi connectivity index (χ4n) is 1.31. The summed E-state index contributed by atoms with van der Waals surface area (Å²) in [7, 11) is 0. The molecule has 0 aromatic carbocycles. The smallest absolute Gasteiger partial charge is 0.344 e. The van der Waals surface area contributed by atoms with Gasteiger partial charge in [0.2, 0.25) is 0 Å². The summed E-state index contributed by atoms with van der Waals surface area (Å²) in [6.45, 7) is 6.79. The highest BCUT2D eigenvalue weighted by molar-refractivity contribution is 5.93. The third kappa shape index (κ3) is 2.83. The van der Waals surface area contributed by atoms with Crippen LogP contribution in [0.5, 0.6) is 0 Å². The van der Waals surface area contributed by atoms with Gasteiger partial charge in [0.1, 0.15) is 5.56 Å². The highest BCUT2D eigenvalue weighted by Crippen LogP contribution is 2.23. The van der Waals surface area contributed by atoms with Crippen LogP contribution in [0.2, 0.25) is 0 Å². The van der Waals surface area contributed by atoms with Crippen molar-refractivity contribution in [3.8, 4) is 0 Å². The molecule has 6 heteroatoms. The Labute approximate surface area is 99.1 Å². The predicted molar refractivity (Wildman–Crippen MR) is 59.4 cm³/mol. The van der Waals surface area contributed by atoms with Crippen LogP contribution in [0.3, 0.4) is 0 Å². The number of nitrogens with two attached hydrogens (primary N) is 1. The average molecular weight is 240 g/mol. The summed E-state index contributed by atoms with van der Waals surface area (Å²) in [5.74, 6) is -0.885. The van der Waals surface area contributed by atoms with Crippen LogP contribution in [0.15, 0.2) is 4.52 Å². The number of hydrogen-bond donors (Lipinski definition) is 1. The zero-order chi connectivity index (χ0) is 13.2. The first-order valence-corrected chi connectivity index (χ1v) is 5.31. The zero-order valence-corrected chi connectivity index (χ0v) is 10.3. The Morgan fingerprint density at radius 1 is 1.35 bits per heavy atom. The minimum Gasteiger partial charge on any atom is -0.449 e. The number of aromatic nitrogens is 1. The van der Waals surface area contributed by atoms with E-state index >= 15 is 0 Å². The number of rotatable bonds is 4. The molecule has 1 aromatic heterocycles. The maximum Gasteiger partial charge on any atom is 0.344 e. The Morgan fingerprint density at radius 2 is 1.94 bits per heavy atom. The minimum absolute atomic E-state index is 0.00244. The molecule has 0 saturated heterocycles. The van der Waals surface area contributed by atoms with Crippen LogP contribution in [0, 0.1) is 6.92 Å². The number of esters is 1. The molecule has 6 nitrogen and oxygen atoms in total. The monoisotopic (exact) mass is 240 g/mol. The van der Waals surface area contributed by atoms with E-state index < -0.39 is 18.0 Å². The Morgan fingerprint density at radius 3 is 2.41 bits per heavy atom. The second kappa shape index (κ2) is 4.99. The van der Waals surface area contributed by atoms with E-state index in [1.165, 1.54) is 6.92 Å². The first-order valence-electron chi connectivity index (χ1n) is 5.31. The molecule has 0 bridgehead atoms. The lowest BCUT2D eigenvalue weighted by molar-refractivity contribution is -0.125. The van der Waals surface area contributed by atoms with Crippen molar-refractivity contribution in [2.45, 2.75) is 39.7 Å². The van der Waals surface area contributed by atoms with E-state index in [-0.39, 0.29) is 11.5 Å². The SMILES string of the molecule is Cc1noc(C(C)C)c1C(=O)O[C@H](C)C(N)=O. The van der Waals surface area contributed by atoms with Gasteiger partial charge in [-0.3, -0.25) is 4.79 Å². The Bertz CT molecular complexity index is 437. The standard InChI is InChI=1S/C11H16N2O4/c1-5(2)9-8(6(3)13-17-9)11(15)16-7(4)10(12)14/h5,7H,1-4H3,(H2,12,14)/t7-/m1/s1. The fourth-order valence-corrected chi connectivity index (χ4v) is 1.31. The molecule has 1 rings (SSSR count). The van der Waals surface area contributed by atoms with Crippen LogP contribution in [0.25, 0.3) is 0 Å². The van der Waals surface area contributed by atoms with Gasteiger partial charge in [-0.1, -0.05) is 19.0 Å². The molecule has 1 aromatic rings. The van der Waals surface area contributed by atoms with Crippen LogP contribution < -0.4 is 5.73 Å². The summed E-state index contributed by atoms with van der Waals surface area (Å²) >= 11 is 0. The predicted octanol–water partition coefficient (Wildman–Crippen LogP) is 1.14. The van der Waals surface area contributed by atoms with Gasteiger partial charge in [-0.25, -0.2) is 4.79 Å².